The molecule has 0 aromatic heterocycles. The minimum atomic E-state index is 0. The molecule has 0 bridgehead atoms. The molecule has 1 atom stereocenters. The second-order valence-electron chi connectivity index (χ2n) is 7.23. The summed E-state index contributed by atoms with van der Waals surface area (Å²) < 4.78 is 0. The number of halogens is 1. The molecule has 142 valence electrons. The summed E-state index contributed by atoms with van der Waals surface area (Å²) in [6, 6.07) is 8.80. The molecule has 0 aliphatic carbocycles. The third-order valence-electron chi connectivity index (χ3n) is 5.13. The van der Waals surface area contributed by atoms with Gasteiger partial charge in [-0.3, -0.25) is 4.99 Å². The van der Waals surface area contributed by atoms with Crippen molar-refractivity contribution in [3.05, 3.63) is 35.4 Å². The summed E-state index contributed by atoms with van der Waals surface area (Å²) in [4.78, 5) is 6.78. The normalized spacial score (nSPS) is 17.7. The SMILES string of the molecule is CN=C(NCCC1CCN(C)CC1)NCC(C)c1ccc(C)cc1.I. The molecule has 1 aromatic carbocycles. The quantitative estimate of drug-likeness (QED) is 0.389. The van der Waals surface area contributed by atoms with Gasteiger partial charge in [0.1, 0.15) is 0 Å². The zero-order valence-corrected chi connectivity index (χ0v) is 18.5. The molecule has 1 heterocycles. The molecule has 0 saturated carbocycles. The number of piperidine rings is 1. The highest BCUT2D eigenvalue weighted by molar-refractivity contribution is 14.0. The van der Waals surface area contributed by atoms with Gasteiger partial charge in [0.05, 0.1) is 0 Å². The summed E-state index contributed by atoms with van der Waals surface area (Å²) in [5.41, 5.74) is 2.68. The number of likely N-dealkylation sites (tertiary alicyclic amines) is 1. The Morgan fingerprint density at radius 3 is 2.44 bits per heavy atom. The van der Waals surface area contributed by atoms with Crippen molar-refractivity contribution in [1.29, 1.82) is 0 Å². The average molecular weight is 458 g/mol. The summed E-state index contributed by atoms with van der Waals surface area (Å²) in [5, 5.41) is 6.93. The number of aliphatic imine (C=N–C) groups is 1. The number of nitrogens with zero attached hydrogens (tertiary/aromatic N) is 2. The Bertz CT molecular complexity index is 507. The highest BCUT2D eigenvalue weighted by atomic mass is 127. The Kier molecular flexibility index (Phi) is 10.4. The zero-order chi connectivity index (χ0) is 17.4. The molecule has 4 nitrogen and oxygen atoms in total. The van der Waals surface area contributed by atoms with E-state index in [1.54, 1.807) is 0 Å². The third-order valence-corrected chi connectivity index (χ3v) is 5.13. The highest BCUT2D eigenvalue weighted by Gasteiger charge is 2.16. The maximum Gasteiger partial charge on any atom is 0.190 e. The van der Waals surface area contributed by atoms with Crippen LogP contribution >= 0.6 is 24.0 Å². The molecule has 2 N–H and O–H groups in total. The molecule has 0 amide bonds. The van der Waals surface area contributed by atoms with Gasteiger partial charge in [0.2, 0.25) is 0 Å². The average Bonchev–Trinajstić information content (AvgIpc) is 2.60. The standard InChI is InChI=1S/C20H34N4.HI/c1-16-5-7-19(8-6-16)17(2)15-23-20(21-3)22-12-9-18-10-13-24(4)14-11-18;/h5-8,17-18H,9-15H2,1-4H3,(H2,21,22,23);1H. The lowest BCUT2D eigenvalue weighted by molar-refractivity contribution is 0.213. The van der Waals surface area contributed by atoms with Gasteiger partial charge >= 0.3 is 0 Å². The lowest BCUT2D eigenvalue weighted by Crippen LogP contribution is -2.40. The van der Waals surface area contributed by atoms with Crippen molar-refractivity contribution in [1.82, 2.24) is 15.5 Å². The molecule has 0 spiro atoms. The lowest BCUT2D eigenvalue weighted by atomic mass is 9.94. The van der Waals surface area contributed by atoms with Gasteiger partial charge in [-0.05, 0) is 63.7 Å². The molecule has 25 heavy (non-hydrogen) atoms. The smallest absolute Gasteiger partial charge is 0.190 e. The number of hydrogen-bond acceptors (Lipinski definition) is 2. The van der Waals surface area contributed by atoms with Crippen LogP contribution in [0, 0.1) is 12.8 Å². The number of aryl methyl sites for hydroxylation is 1. The maximum atomic E-state index is 4.35. The minimum absolute atomic E-state index is 0. The van der Waals surface area contributed by atoms with Gasteiger partial charge in [0.25, 0.3) is 0 Å². The van der Waals surface area contributed by atoms with Crippen LogP contribution in [-0.4, -0.2) is 51.1 Å². The second kappa shape index (κ2) is 11.7. The Hall–Kier alpha value is -0.820. The first-order chi connectivity index (χ1) is 11.6. The van der Waals surface area contributed by atoms with Gasteiger partial charge < -0.3 is 15.5 Å². The number of nitrogens with one attached hydrogen (secondary N) is 2. The first-order valence-electron chi connectivity index (χ1n) is 9.28. The van der Waals surface area contributed by atoms with Crippen molar-refractivity contribution >= 4 is 29.9 Å². The first kappa shape index (κ1) is 22.2. The van der Waals surface area contributed by atoms with Crippen LogP contribution in [0.5, 0.6) is 0 Å². The van der Waals surface area contributed by atoms with Crippen LogP contribution in [0.3, 0.4) is 0 Å². The Balaban J connectivity index is 0.00000312. The van der Waals surface area contributed by atoms with Crippen LogP contribution in [0.15, 0.2) is 29.3 Å². The van der Waals surface area contributed by atoms with Crippen LogP contribution in [0.2, 0.25) is 0 Å². The van der Waals surface area contributed by atoms with Crippen LogP contribution < -0.4 is 10.6 Å². The molecule has 5 heteroatoms. The van der Waals surface area contributed by atoms with Gasteiger partial charge in [0, 0.05) is 20.1 Å². The molecular formula is C20H35IN4. The topological polar surface area (TPSA) is 39.7 Å². The fraction of sp³-hybridized carbons (Fsp3) is 0.650. The number of rotatable bonds is 6. The van der Waals surface area contributed by atoms with E-state index in [2.05, 4.69) is 65.7 Å². The van der Waals surface area contributed by atoms with E-state index < -0.39 is 0 Å². The Labute approximate surface area is 170 Å². The van der Waals surface area contributed by atoms with Crippen molar-refractivity contribution in [3.8, 4) is 0 Å². The van der Waals surface area contributed by atoms with Crippen LogP contribution in [0.1, 0.15) is 43.2 Å². The van der Waals surface area contributed by atoms with Crippen molar-refractivity contribution < 1.29 is 0 Å². The van der Waals surface area contributed by atoms with E-state index >= 15 is 0 Å². The van der Waals surface area contributed by atoms with E-state index in [4.69, 9.17) is 0 Å². The predicted octanol–water partition coefficient (Wildman–Crippen LogP) is 3.61. The lowest BCUT2D eigenvalue weighted by Gasteiger charge is -2.29. The highest BCUT2D eigenvalue weighted by Crippen LogP contribution is 2.18. The maximum absolute atomic E-state index is 4.35. The van der Waals surface area contributed by atoms with Gasteiger partial charge in [-0.1, -0.05) is 36.8 Å². The van der Waals surface area contributed by atoms with Crippen LogP contribution in [0.4, 0.5) is 0 Å². The Morgan fingerprint density at radius 2 is 1.84 bits per heavy atom. The molecule has 1 unspecified atom stereocenters. The molecule has 1 fully saturated rings. The summed E-state index contributed by atoms with van der Waals surface area (Å²) in [7, 11) is 4.07. The van der Waals surface area contributed by atoms with E-state index in [1.807, 2.05) is 7.05 Å². The molecule has 1 aliphatic rings. The molecule has 1 saturated heterocycles. The second-order valence-corrected chi connectivity index (χ2v) is 7.23. The largest absolute Gasteiger partial charge is 0.356 e. The molecule has 0 radical (unpaired) electrons. The summed E-state index contributed by atoms with van der Waals surface area (Å²) in [6.07, 6.45) is 3.89. The molecule has 1 aliphatic heterocycles. The van der Waals surface area contributed by atoms with E-state index in [9.17, 15) is 0 Å². The van der Waals surface area contributed by atoms with Crippen LogP contribution in [-0.2, 0) is 0 Å². The summed E-state index contributed by atoms with van der Waals surface area (Å²) >= 11 is 0. The van der Waals surface area contributed by atoms with Crippen LogP contribution in [0.25, 0.3) is 0 Å². The summed E-state index contributed by atoms with van der Waals surface area (Å²) in [5.74, 6) is 2.25. The van der Waals surface area contributed by atoms with Crippen molar-refractivity contribution in [2.75, 3.05) is 40.3 Å². The van der Waals surface area contributed by atoms with Gasteiger partial charge in [-0.25, -0.2) is 0 Å². The molecule has 1 aromatic rings. The number of guanidine groups is 1. The van der Waals surface area contributed by atoms with Gasteiger partial charge in [-0.15, -0.1) is 24.0 Å². The van der Waals surface area contributed by atoms with E-state index in [0.717, 1.165) is 25.0 Å². The number of benzene rings is 1. The fourth-order valence-corrected chi connectivity index (χ4v) is 3.23. The van der Waals surface area contributed by atoms with E-state index in [0.29, 0.717) is 5.92 Å². The monoisotopic (exact) mass is 458 g/mol. The van der Waals surface area contributed by atoms with E-state index in [-0.39, 0.29) is 24.0 Å². The van der Waals surface area contributed by atoms with Crippen molar-refractivity contribution in [2.24, 2.45) is 10.9 Å². The van der Waals surface area contributed by atoms with Crippen molar-refractivity contribution in [3.63, 3.8) is 0 Å². The fourth-order valence-electron chi connectivity index (χ4n) is 3.23. The Morgan fingerprint density at radius 1 is 1.20 bits per heavy atom. The third kappa shape index (κ3) is 7.94. The van der Waals surface area contributed by atoms with Gasteiger partial charge in [-0.2, -0.15) is 0 Å². The number of hydrogen-bond donors (Lipinski definition) is 2. The predicted molar refractivity (Wildman–Crippen MR) is 119 cm³/mol. The first-order valence-corrected chi connectivity index (χ1v) is 9.28. The van der Waals surface area contributed by atoms with Gasteiger partial charge in [0.15, 0.2) is 5.96 Å². The van der Waals surface area contributed by atoms with Crippen molar-refractivity contribution in [2.45, 2.75) is 39.0 Å². The zero-order valence-electron chi connectivity index (χ0n) is 16.2. The molecular weight excluding hydrogens is 423 g/mol. The van der Waals surface area contributed by atoms with E-state index in [1.165, 1.54) is 43.5 Å². The minimum Gasteiger partial charge on any atom is -0.356 e. The molecule has 2 rings (SSSR count). The summed E-state index contributed by atoms with van der Waals surface area (Å²) in [6.45, 7) is 8.77.